The molecule has 144 valence electrons. The van der Waals surface area contributed by atoms with Crippen LogP contribution in [0.15, 0.2) is 36.4 Å². The van der Waals surface area contributed by atoms with Crippen molar-refractivity contribution in [3.05, 3.63) is 42.0 Å². The van der Waals surface area contributed by atoms with Crippen molar-refractivity contribution in [2.45, 2.75) is 0 Å². The molecule has 1 amide bonds. The fraction of sp³-hybridized carbons (Fsp3) is 0.250. The first-order valence-electron chi connectivity index (χ1n) is 8.07. The molecule has 7 nitrogen and oxygen atoms in total. The number of ether oxygens (including phenoxy) is 5. The van der Waals surface area contributed by atoms with Gasteiger partial charge in [-0.15, -0.1) is 0 Å². The topological polar surface area (TPSA) is 75.3 Å². The van der Waals surface area contributed by atoms with Gasteiger partial charge in [-0.25, -0.2) is 0 Å². The van der Waals surface area contributed by atoms with Crippen molar-refractivity contribution in [2.24, 2.45) is 0 Å². The molecule has 0 heterocycles. The number of nitrogens with one attached hydrogen (secondary N) is 1. The fourth-order valence-corrected chi connectivity index (χ4v) is 2.47. The van der Waals surface area contributed by atoms with Crippen molar-refractivity contribution >= 4 is 17.7 Å². The van der Waals surface area contributed by atoms with Crippen LogP contribution in [0.3, 0.4) is 0 Å². The minimum absolute atomic E-state index is 0.295. The van der Waals surface area contributed by atoms with E-state index in [-0.39, 0.29) is 5.91 Å². The number of hydrogen-bond donors (Lipinski definition) is 1. The van der Waals surface area contributed by atoms with E-state index >= 15 is 0 Å². The van der Waals surface area contributed by atoms with E-state index in [1.807, 2.05) is 0 Å². The van der Waals surface area contributed by atoms with Crippen LogP contribution in [-0.2, 0) is 4.79 Å². The Bertz CT molecular complexity index is 806. The van der Waals surface area contributed by atoms with Crippen LogP contribution in [0.1, 0.15) is 5.56 Å². The van der Waals surface area contributed by atoms with Gasteiger partial charge in [0.05, 0.1) is 35.5 Å². The molecule has 0 aliphatic heterocycles. The lowest BCUT2D eigenvalue weighted by Crippen LogP contribution is -2.08. The standard InChI is InChI=1S/C20H23NO6/c1-23-15-8-7-14(12-16(15)24-2)21-19(22)9-6-13-10-17(25-3)20(27-5)18(11-13)26-4/h6-12H,1-5H3,(H,21,22)/b9-6+. The zero-order valence-corrected chi connectivity index (χ0v) is 16.0. The molecule has 27 heavy (non-hydrogen) atoms. The second-order valence-electron chi connectivity index (χ2n) is 5.35. The van der Waals surface area contributed by atoms with E-state index in [1.165, 1.54) is 34.5 Å². The molecule has 1 N–H and O–H groups in total. The molecule has 0 aromatic heterocycles. The number of rotatable bonds is 8. The first-order chi connectivity index (χ1) is 13.1. The van der Waals surface area contributed by atoms with Gasteiger partial charge in [0.15, 0.2) is 23.0 Å². The van der Waals surface area contributed by atoms with E-state index < -0.39 is 0 Å². The maximum atomic E-state index is 12.2. The summed E-state index contributed by atoms with van der Waals surface area (Å²) in [5.74, 6) is 2.34. The Morgan fingerprint density at radius 1 is 0.778 bits per heavy atom. The Hall–Kier alpha value is -3.35. The summed E-state index contributed by atoms with van der Waals surface area (Å²) in [6.45, 7) is 0. The lowest BCUT2D eigenvalue weighted by Gasteiger charge is -2.12. The van der Waals surface area contributed by atoms with E-state index in [0.29, 0.717) is 34.4 Å². The molecule has 0 spiro atoms. The number of hydrogen-bond acceptors (Lipinski definition) is 6. The molecule has 2 aromatic carbocycles. The van der Waals surface area contributed by atoms with Gasteiger partial charge in [-0.3, -0.25) is 4.79 Å². The molecule has 0 saturated heterocycles. The van der Waals surface area contributed by atoms with Crippen molar-refractivity contribution in [1.82, 2.24) is 0 Å². The predicted molar refractivity (Wildman–Crippen MR) is 103 cm³/mol. The number of methoxy groups -OCH3 is 5. The summed E-state index contributed by atoms with van der Waals surface area (Å²) in [5, 5.41) is 2.77. The number of benzene rings is 2. The van der Waals surface area contributed by atoms with Gasteiger partial charge in [0, 0.05) is 17.8 Å². The van der Waals surface area contributed by atoms with Gasteiger partial charge in [-0.2, -0.15) is 0 Å². The average Bonchev–Trinajstić information content (AvgIpc) is 2.71. The summed E-state index contributed by atoms with van der Waals surface area (Å²) in [7, 11) is 7.69. The van der Waals surface area contributed by atoms with Crippen LogP contribution in [0.2, 0.25) is 0 Å². The summed E-state index contributed by atoms with van der Waals surface area (Å²) in [4.78, 5) is 12.2. The number of carbonyl (C=O) groups excluding carboxylic acids is 1. The first-order valence-corrected chi connectivity index (χ1v) is 8.07. The lowest BCUT2D eigenvalue weighted by atomic mass is 10.1. The molecule has 0 bridgehead atoms. The van der Waals surface area contributed by atoms with Gasteiger partial charge < -0.3 is 29.0 Å². The molecule has 0 atom stereocenters. The van der Waals surface area contributed by atoms with Crippen LogP contribution in [0, 0.1) is 0 Å². The average molecular weight is 373 g/mol. The van der Waals surface area contributed by atoms with Crippen LogP contribution >= 0.6 is 0 Å². The highest BCUT2D eigenvalue weighted by Gasteiger charge is 2.12. The Morgan fingerprint density at radius 3 is 1.89 bits per heavy atom. The zero-order valence-electron chi connectivity index (χ0n) is 16.0. The van der Waals surface area contributed by atoms with E-state index in [9.17, 15) is 4.79 Å². The summed E-state index contributed by atoms with van der Waals surface area (Å²) in [5.41, 5.74) is 1.32. The number of amides is 1. The van der Waals surface area contributed by atoms with Gasteiger partial charge >= 0.3 is 0 Å². The second-order valence-corrected chi connectivity index (χ2v) is 5.35. The fourth-order valence-electron chi connectivity index (χ4n) is 2.47. The minimum Gasteiger partial charge on any atom is -0.493 e. The predicted octanol–water partition coefficient (Wildman–Crippen LogP) is 3.38. The van der Waals surface area contributed by atoms with E-state index in [0.717, 1.165) is 5.56 Å². The van der Waals surface area contributed by atoms with Gasteiger partial charge in [0.25, 0.3) is 0 Å². The van der Waals surface area contributed by atoms with E-state index in [1.54, 1.807) is 43.5 Å². The normalized spacial score (nSPS) is 10.4. The molecule has 7 heteroatoms. The van der Waals surface area contributed by atoms with Gasteiger partial charge in [0.2, 0.25) is 11.7 Å². The molecular weight excluding hydrogens is 350 g/mol. The molecule has 2 aromatic rings. The number of carbonyl (C=O) groups is 1. The maximum Gasteiger partial charge on any atom is 0.248 e. The highest BCUT2D eigenvalue weighted by atomic mass is 16.5. The van der Waals surface area contributed by atoms with E-state index in [2.05, 4.69) is 5.32 Å². The molecular formula is C20H23NO6. The Balaban J connectivity index is 2.17. The smallest absolute Gasteiger partial charge is 0.248 e. The van der Waals surface area contributed by atoms with Crippen molar-refractivity contribution in [2.75, 3.05) is 40.9 Å². The molecule has 0 aliphatic rings. The molecule has 0 saturated carbocycles. The summed E-state index contributed by atoms with van der Waals surface area (Å²) in [6.07, 6.45) is 3.07. The highest BCUT2D eigenvalue weighted by molar-refractivity contribution is 6.02. The largest absolute Gasteiger partial charge is 0.493 e. The van der Waals surface area contributed by atoms with Gasteiger partial charge in [-0.1, -0.05) is 0 Å². The first kappa shape index (κ1) is 20.0. The third kappa shape index (κ3) is 4.84. The highest BCUT2D eigenvalue weighted by Crippen LogP contribution is 2.38. The SMILES string of the molecule is COc1ccc(NC(=O)/C=C/c2cc(OC)c(OC)c(OC)c2)cc1OC. The van der Waals surface area contributed by atoms with Crippen LogP contribution in [0.4, 0.5) is 5.69 Å². The minimum atomic E-state index is -0.295. The molecule has 0 fully saturated rings. The van der Waals surface area contributed by atoms with Crippen LogP contribution in [-0.4, -0.2) is 41.5 Å². The third-order valence-electron chi connectivity index (χ3n) is 3.77. The van der Waals surface area contributed by atoms with Gasteiger partial charge in [0.1, 0.15) is 0 Å². The number of anilines is 1. The maximum absolute atomic E-state index is 12.2. The third-order valence-corrected chi connectivity index (χ3v) is 3.77. The summed E-state index contributed by atoms with van der Waals surface area (Å²) >= 11 is 0. The van der Waals surface area contributed by atoms with Crippen molar-refractivity contribution < 1.29 is 28.5 Å². The van der Waals surface area contributed by atoms with Crippen LogP contribution in [0.5, 0.6) is 28.7 Å². The Kier molecular flexibility index (Phi) is 6.93. The van der Waals surface area contributed by atoms with Crippen molar-refractivity contribution in [3.8, 4) is 28.7 Å². The van der Waals surface area contributed by atoms with Gasteiger partial charge in [-0.05, 0) is 35.9 Å². The quantitative estimate of drug-likeness (QED) is 0.715. The second kappa shape index (κ2) is 9.38. The van der Waals surface area contributed by atoms with Crippen molar-refractivity contribution in [1.29, 1.82) is 0 Å². The van der Waals surface area contributed by atoms with Crippen LogP contribution < -0.4 is 29.0 Å². The molecule has 0 aliphatic carbocycles. The van der Waals surface area contributed by atoms with Crippen LogP contribution in [0.25, 0.3) is 6.08 Å². The monoisotopic (exact) mass is 373 g/mol. The summed E-state index contributed by atoms with van der Waals surface area (Å²) < 4.78 is 26.3. The summed E-state index contributed by atoms with van der Waals surface area (Å²) in [6, 6.07) is 8.64. The lowest BCUT2D eigenvalue weighted by molar-refractivity contribution is -0.111. The van der Waals surface area contributed by atoms with Crippen molar-refractivity contribution in [3.63, 3.8) is 0 Å². The zero-order chi connectivity index (χ0) is 19.8. The van der Waals surface area contributed by atoms with E-state index in [4.69, 9.17) is 23.7 Å². The molecule has 0 unspecified atom stereocenters. The Labute approximate surface area is 158 Å². The molecule has 0 radical (unpaired) electrons. The Morgan fingerprint density at radius 2 is 1.37 bits per heavy atom. The molecule has 2 rings (SSSR count).